The van der Waals surface area contributed by atoms with E-state index in [-0.39, 0.29) is 11.9 Å². The molecule has 4 heteroatoms. The van der Waals surface area contributed by atoms with Crippen molar-refractivity contribution in [1.29, 1.82) is 0 Å². The van der Waals surface area contributed by atoms with Crippen LogP contribution in [-0.2, 0) is 4.79 Å². The molecule has 1 heterocycles. The van der Waals surface area contributed by atoms with Gasteiger partial charge in [0.25, 0.3) is 0 Å². The van der Waals surface area contributed by atoms with Crippen molar-refractivity contribution in [2.75, 3.05) is 33.7 Å². The molecule has 1 aliphatic rings. The van der Waals surface area contributed by atoms with Gasteiger partial charge in [-0.3, -0.25) is 4.79 Å². The van der Waals surface area contributed by atoms with Gasteiger partial charge in [0, 0.05) is 25.7 Å². The van der Waals surface area contributed by atoms with E-state index in [0.717, 1.165) is 32.5 Å². The Morgan fingerprint density at radius 2 is 1.74 bits per heavy atom. The third-order valence-corrected chi connectivity index (χ3v) is 3.87. The summed E-state index contributed by atoms with van der Waals surface area (Å²) in [7, 11) is 4.16. The first-order chi connectivity index (χ1) is 8.91. The summed E-state index contributed by atoms with van der Waals surface area (Å²) in [6.45, 7) is 9.26. The van der Waals surface area contributed by atoms with Gasteiger partial charge in [0.1, 0.15) is 0 Å². The van der Waals surface area contributed by atoms with Gasteiger partial charge in [-0.05, 0) is 46.2 Å². The third kappa shape index (κ3) is 5.49. The number of nitrogens with zero attached hydrogens (tertiary/aromatic N) is 2. The molecule has 0 spiro atoms. The zero-order valence-corrected chi connectivity index (χ0v) is 13.3. The first-order valence-corrected chi connectivity index (χ1v) is 7.61. The van der Waals surface area contributed by atoms with Crippen molar-refractivity contribution < 1.29 is 4.79 Å². The zero-order valence-electron chi connectivity index (χ0n) is 13.3. The first-order valence-electron chi connectivity index (χ1n) is 7.61. The van der Waals surface area contributed by atoms with Gasteiger partial charge in [0.15, 0.2) is 0 Å². The van der Waals surface area contributed by atoms with Crippen LogP contribution < -0.4 is 5.32 Å². The Balaban J connectivity index is 2.50. The van der Waals surface area contributed by atoms with Crippen molar-refractivity contribution >= 4 is 5.91 Å². The molecule has 2 unspecified atom stereocenters. The highest BCUT2D eigenvalue weighted by atomic mass is 16.2. The van der Waals surface area contributed by atoms with Gasteiger partial charge in [0.05, 0.1) is 6.04 Å². The van der Waals surface area contributed by atoms with Gasteiger partial charge in [-0.1, -0.05) is 13.8 Å². The zero-order chi connectivity index (χ0) is 14.4. The molecule has 0 aromatic rings. The van der Waals surface area contributed by atoms with E-state index in [1.54, 1.807) is 0 Å². The summed E-state index contributed by atoms with van der Waals surface area (Å²) >= 11 is 0. The molecular weight excluding hydrogens is 238 g/mol. The van der Waals surface area contributed by atoms with Crippen molar-refractivity contribution in [3.63, 3.8) is 0 Å². The number of rotatable bonds is 6. The van der Waals surface area contributed by atoms with E-state index in [9.17, 15) is 4.79 Å². The van der Waals surface area contributed by atoms with Crippen LogP contribution in [0.3, 0.4) is 0 Å². The summed E-state index contributed by atoms with van der Waals surface area (Å²) in [6, 6.07) is 0.282. The average molecular weight is 269 g/mol. The summed E-state index contributed by atoms with van der Waals surface area (Å²) in [5.41, 5.74) is 0. The number of hydrogen-bond donors (Lipinski definition) is 1. The number of likely N-dealkylation sites (tertiary alicyclic amines) is 1. The molecule has 0 aromatic carbocycles. The normalized spacial score (nSPS) is 19.8. The van der Waals surface area contributed by atoms with Crippen LogP contribution in [0.1, 0.15) is 40.0 Å². The maximum absolute atomic E-state index is 12.4. The standard InChI is InChI=1S/C15H31N3O/c1-12(2)14(11-17(4)5)16-13(3)15(19)18-9-7-6-8-10-18/h12-14,16H,6-11H2,1-5H3. The molecule has 2 atom stereocenters. The largest absolute Gasteiger partial charge is 0.341 e. The Labute approximate surface area is 118 Å². The van der Waals surface area contributed by atoms with E-state index < -0.39 is 0 Å². The quantitative estimate of drug-likeness (QED) is 0.795. The molecule has 0 radical (unpaired) electrons. The van der Waals surface area contributed by atoms with Crippen molar-refractivity contribution in [2.24, 2.45) is 5.92 Å². The Kier molecular flexibility index (Phi) is 6.80. The Hall–Kier alpha value is -0.610. The second kappa shape index (κ2) is 7.85. The lowest BCUT2D eigenvalue weighted by Crippen LogP contribution is -2.53. The number of piperidine rings is 1. The molecule has 0 bridgehead atoms. The molecule has 1 aliphatic heterocycles. The smallest absolute Gasteiger partial charge is 0.239 e. The van der Waals surface area contributed by atoms with Crippen LogP contribution in [0, 0.1) is 5.92 Å². The van der Waals surface area contributed by atoms with Crippen LogP contribution in [-0.4, -0.2) is 61.5 Å². The molecule has 4 nitrogen and oxygen atoms in total. The fourth-order valence-electron chi connectivity index (χ4n) is 2.63. The topological polar surface area (TPSA) is 35.6 Å². The van der Waals surface area contributed by atoms with E-state index in [2.05, 4.69) is 38.2 Å². The lowest BCUT2D eigenvalue weighted by Gasteiger charge is -2.33. The molecule has 0 aromatic heterocycles. The number of nitrogens with one attached hydrogen (secondary N) is 1. The average Bonchev–Trinajstić information content (AvgIpc) is 2.37. The minimum atomic E-state index is -0.0783. The van der Waals surface area contributed by atoms with Gasteiger partial charge in [-0.25, -0.2) is 0 Å². The van der Waals surface area contributed by atoms with Crippen LogP contribution in [0.5, 0.6) is 0 Å². The van der Waals surface area contributed by atoms with Crippen LogP contribution in [0.25, 0.3) is 0 Å². The van der Waals surface area contributed by atoms with E-state index in [1.807, 2.05) is 11.8 Å². The maximum Gasteiger partial charge on any atom is 0.239 e. The summed E-state index contributed by atoms with van der Waals surface area (Å²) in [5, 5.41) is 3.51. The molecule has 1 rings (SSSR count). The minimum absolute atomic E-state index is 0.0783. The summed E-state index contributed by atoms with van der Waals surface area (Å²) < 4.78 is 0. The van der Waals surface area contributed by atoms with Gasteiger partial charge in [-0.2, -0.15) is 0 Å². The number of carbonyl (C=O) groups excluding carboxylic acids is 1. The Morgan fingerprint density at radius 3 is 2.21 bits per heavy atom. The van der Waals surface area contributed by atoms with Gasteiger partial charge in [-0.15, -0.1) is 0 Å². The molecule has 0 aliphatic carbocycles. The summed E-state index contributed by atoms with van der Waals surface area (Å²) in [5.74, 6) is 0.795. The van der Waals surface area contributed by atoms with Gasteiger partial charge >= 0.3 is 0 Å². The molecular formula is C15H31N3O. The highest BCUT2D eigenvalue weighted by Crippen LogP contribution is 2.11. The second-order valence-electron chi connectivity index (χ2n) is 6.39. The second-order valence-corrected chi connectivity index (χ2v) is 6.39. The van der Waals surface area contributed by atoms with Crippen molar-refractivity contribution in [1.82, 2.24) is 15.1 Å². The van der Waals surface area contributed by atoms with Crippen molar-refractivity contribution in [2.45, 2.75) is 52.1 Å². The first kappa shape index (κ1) is 16.4. The summed E-state index contributed by atoms with van der Waals surface area (Å²) in [4.78, 5) is 16.6. The molecule has 1 amide bonds. The predicted molar refractivity (Wildman–Crippen MR) is 80.2 cm³/mol. The SMILES string of the molecule is CC(NC(CN(C)C)C(C)C)C(=O)N1CCCCC1. The van der Waals surface area contributed by atoms with Crippen LogP contribution in [0.2, 0.25) is 0 Å². The lowest BCUT2D eigenvalue weighted by molar-refractivity contribution is -0.134. The lowest BCUT2D eigenvalue weighted by atomic mass is 10.0. The van der Waals surface area contributed by atoms with E-state index in [1.165, 1.54) is 6.42 Å². The number of hydrogen-bond acceptors (Lipinski definition) is 3. The van der Waals surface area contributed by atoms with Crippen molar-refractivity contribution in [3.05, 3.63) is 0 Å². The fraction of sp³-hybridized carbons (Fsp3) is 0.933. The van der Waals surface area contributed by atoms with E-state index in [0.29, 0.717) is 12.0 Å². The van der Waals surface area contributed by atoms with E-state index in [4.69, 9.17) is 0 Å². The number of carbonyl (C=O) groups is 1. The minimum Gasteiger partial charge on any atom is -0.341 e. The van der Waals surface area contributed by atoms with E-state index >= 15 is 0 Å². The monoisotopic (exact) mass is 269 g/mol. The van der Waals surface area contributed by atoms with Gasteiger partial charge in [0.2, 0.25) is 5.91 Å². The molecule has 1 saturated heterocycles. The van der Waals surface area contributed by atoms with Crippen molar-refractivity contribution in [3.8, 4) is 0 Å². The van der Waals surface area contributed by atoms with Crippen LogP contribution in [0.4, 0.5) is 0 Å². The third-order valence-electron chi connectivity index (χ3n) is 3.87. The number of amides is 1. The Morgan fingerprint density at radius 1 is 1.16 bits per heavy atom. The highest BCUT2D eigenvalue weighted by molar-refractivity contribution is 5.81. The molecule has 1 fully saturated rings. The van der Waals surface area contributed by atoms with Crippen LogP contribution >= 0.6 is 0 Å². The van der Waals surface area contributed by atoms with Crippen LogP contribution in [0.15, 0.2) is 0 Å². The number of likely N-dealkylation sites (N-methyl/N-ethyl adjacent to an activating group) is 1. The summed E-state index contributed by atoms with van der Waals surface area (Å²) in [6.07, 6.45) is 3.58. The maximum atomic E-state index is 12.4. The predicted octanol–water partition coefficient (Wildman–Crippen LogP) is 1.56. The molecule has 19 heavy (non-hydrogen) atoms. The molecule has 1 N–H and O–H groups in total. The highest BCUT2D eigenvalue weighted by Gasteiger charge is 2.25. The Bertz CT molecular complexity index is 273. The fourth-order valence-corrected chi connectivity index (χ4v) is 2.63. The molecule has 112 valence electrons. The molecule has 0 saturated carbocycles. The van der Waals surface area contributed by atoms with Gasteiger partial charge < -0.3 is 15.1 Å².